The standard InChI is InChI=1S/C18H15N5O3/c19-12-18(13-4-2-1-3-5-13)8-10-22(11-9-18)14-6-7-15(23(24)25)17-16(14)20-26-21-17/h1-7H,8-11H2. The third-order valence-corrected chi connectivity index (χ3v) is 5.07. The van der Waals surface area contributed by atoms with Crippen LogP contribution in [0.5, 0.6) is 0 Å². The van der Waals surface area contributed by atoms with E-state index < -0.39 is 10.3 Å². The molecule has 0 unspecified atom stereocenters. The van der Waals surface area contributed by atoms with Gasteiger partial charge in [-0.05, 0) is 34.8 Å². The van der Waals surface area contributed by atoms with Gasteiger partial charge in [-0.1, -0.05) is 30.3 Å². The van der Waals surface area contributed by atoms with Crippen molar-refractivity contribution in [3.63, 3.8) is 0 Å². The zero-order valence-corrected chi connectivity index (χ0v) is 13.8. The van der Waals surface area contributed by atoms with E-state index in [1.54, 1.807) is 6.07 Å². The molecule has 26 heavy (non-hydrogen) atoms. The van der Waals surface area contributed by atoms with Gasteiger partial charge in [-0.15, -0.1) is 0 Å². The van der Waals surface area contributed by atoms with Crippen molar-refractivity contribution in [2.24, 2.45) is 0 Å². The zero-order chi connectivity index (χ0) is 18.1. The van der Waals surface area contributed by atoms with Crippen molar-refractivity contribution >= 4 is 22.4 Å². The van der Waals surface area contributed by atoms with Crippen molar-refractivity contribution in [3.8, 4) is 6.07 Å². The molecule has 8 heteroatoms. The third kappa shape index (κ3) is 2.45. The fourth-order valence-electron chi connectivity index (χ4n) is 3.59. The molecule has 0 radical (unpaired) electrons. The highest BCUT2D eigenvalue weighted by atomic mass is 16.6. The maximum Gasteiger partial charge on any atom is 0.300 e. The van der Waals surface area contributed by atoms with Gasteiger partial charge in [0, 0.05) is 19.2 Å². The summed E-state index contributed by atoms with van der Waals surface area (Å²) in [6.45, 7) is 1.28. The number of hydrogen-bond donors (Lipinski definition) is 0. The van der Waals surface area contributed by atoms with Crippen LogP contribution < -0.4 is 4.90 Å². The summed E-state index contributed by atoms with van der Waals surface area (Å²) in [4.78, 5) is 12.7. The zero-order valence-electron chi connectivity index (χ0n) is 13.8. The van der Waals surface area contributed by atoms with Gasteiger partial charge >= 0.3 is 5.69 Å². The number of nitro benzene ring substituents is 1. The fourth-order valence-corrected chi connectivity index (χ4v) is 3.59. The Kier molecular flexibility index (Phi) is 3.77. The normalized spacial score (nSPS) is 16.3. The van der Waals surface area contributed by atoms with Crippen LogP contribution >= 0.6 is 0 Å². The molecule has 2 heterocycles. The number of aromatic nitrogens is 2. The molecular formula is C18H15N5O3. The summed E-state index contributed by atoms with van der Waals surface area (Å²) in [5, 5.41) is 28.5. The van der Waals surface area contributed by atoms with Crippen LogP contribution in [0.3, 0.4) is 0 Å². The van der Waals surface area contributed by atoms with Gasteiger partial charge in [0.2, 0.25) is 5.52 Å². The topological polar surface area (TPSA) is 109 Å². The summed E-state index contributed by atoms with van der Waals surface area (Å²) >= 11 is 0. The SMILES string of the molecule is N#CC1(c2ccccc2)CCN(c2ccc([N+](=O)[O-])c3nonc23)CC1. The minimum Gasteiger partial charge on any atom is -0.369 e. The molecule has 8 nitrogen and oxygen atoms in total. The second kappa shape index (κ2) is 6.11. The Bertz CT molecular complexity index is 1000. The lowest BCUT2D eigenvalue weighted by Gasteiger charge is -2.38. The monoisotopic (exact) mass is 349 g/mol. The first-order chi connectivity index (χ1) is 12.6. The molecule has 0 bridgehead atoms. The van der Waals surface area contributed by atoms with Gasteiger partial charge in [-0.25, -0.2) is 4.63 Å². The molecule has 1 fully saturated rings. The van der Waals surface area contributed by atoms with Gasteiger partial charge in [-0.3, -0.25) is 10.1 Å². The third-order valence-electron chi connectivity index (χ3n) is 5.07. The highest BCUT2D eigenvalue weighted by Gasteiger charge is 2.37. The molecule has 2 aromatic carbocycles. The van der Waals surface area contributed by atoms with Gasteiger partial charge in [0.1, 0.15) is 0 Å². The van der Waals surface area contributed by atoms with Crippen LogP contribution in [-0.4, -0.2) is 28.3 Å². The van der Waals surface area contributed by atoms with Crippen LogP contribution in [0.1, 0.15) is 18.4 Å². The summed E-state index contributed by atoms with van der Waals surface area (Å²) < 4.78 is 4.74. The lowest BCUT2D eigenvalue weighted by atomic mass is 9.74. The molecule has 0 amide bonds. The van der Waals surface area contributed by atoms with E-state index in [4.69, 9.17) is 4.63 Å². The maximum atomic E-state index is 11.1. The van der Waals surface area contributed by atoms with Crippen LogP contribution in [0, 0.1) is 21.4 Å². The van der Waals surface area contributed by atoms with Crippen molar-refractivity contribution in [2.45, 2.75) is 18.3 Å². The Balaban J connectivity index is 1.64. The Labute approximate surface area is 148 Å². The van der Waals surface area contributed by atoms with E-state index in [-0.39, 0.29) is 11.2 Å². The van der Waals surface area contributed by atoms with Crippen LogP contribution in [0.15, 0.2) is 47.1 Å². The molecule has 0 N–H and O–H groups in total. The molecule has 3 aromatic rings. The molecule has 0 aliphatic carbocycles. The number of nitro groups is 1. The van der Waals surface area contributed by atoms with Crippen molar-refractivity contribution in [1.29, 1.82) is 5.26 Å². The van der Waals surface area contributed by atoms with Crippen molar-refractivity contribution in [2.75, 3.05) is 18.0 Å². The van der Waals surface area contributed by atoms with Crippen LogP contribution in [-0.2, 0) is 5.41 Å². The summed E-state index contributed by atoms with van der Waals surface area (Å²) in [6.07, 6.45) is 1.33. The largest absolute Gasteiger partial charge is 0.369 e. The predicted molar refractivity (Wildman–Crippen MR) is 93.6 cm³/mol. The van der Waals surface area contributed by atoms with Crippen molar-refractivity contribution in [3.05, 3.63) is 58.1 Å². The Morgan fingerprint density at radius 1 is 1.12 bits per heavy atom. The van der Waals surface area contributed by atoms with Gasteiger partial charge in [0.05, 0.1) is 22.1 Å². The summed E-state index contributed by atoms with van der Waals surface area (Å²) in [5.74, 6) is 0. The van der Waals surface area contributed by atoms with E-state index in [0.717, 1.165) is 11.3 Å². The van der Waals surface area contributed by atoms with Gasteiger partial charge < -0.3 is 4.90 Å². The number of rotatable bonds is 3. The number of benzene rings is 2. The first kappa shape index (κ1) is 16.0. The predicted octanol–water partition coefficient (Wildman–Crippen LogP) is 3.19. The first-order valence-electron chi connectivity index (χ1n) is 8.26. The number of hydrogen-bond acceptors (Lipinski definition) is 7. The fraction of sp³-hybridized carbons (Fsp3) is 0.278. The molecule has 130 valence electrons. The molecule has 0 spiro atoms. The number of piperidine rings is 1. The summed E-state index contributed by atoms with van der Waals surface area (Å²) in [7, 11) is 0. The molecule has 1 aliphatic heterocycles. The molecular weight excluding hydrogens is 334 g/mol. The van der Waals surface area contributed by atoms with E-state index >= 15 is 0 Å². The summed E-state index contributed by atoms with van der Waals surface area (Å²) in [5.41, 5.74) is 1.65. The van der Waals surface area contributed by atoms with Gasteiger partial charge in [0.15, 0.2) is 5.52 Å². The highest BCUT2D eigenvalue weighted by Crippen LogP contribution is 2.38. The average Bonchev–Trinajstić information content (AvgIpc) is 3.18. The Hall–Kier alpha value is -3.47. The average molecular weight is 349 g/mol. The van der Waals surface area contributed by atoms with Crippen LogP contribution in [0.25, 0.3) is 11.0 Å². The molecule has 0 saturated carbocycles. The minimum absolute atomic E-state index is 0.127. The smallest absolute Gasteiger partial charge is 0.300 e. The quantitative estimate of drug-likeness (QED) is 0.527. The van der Waals surface area contributed by atoms with E-state index in [9.17, 15) is 15.4 Å². The number of nitrogens with zero attached hydrogens (tertiary/aromatic N) is 5. The molecule has 1 aliphatic rings. The van der Waals surface area contributed by atoms with E-state index in [1.807, 2.05) is 30.3 Å². The number of non-ortho nitro benzene ring substituents is 1. The minimum atomic E-state index is -0.514. The van der Waals surface area contributed by atoms with Crippen LogP contribution in [0.2, 0.25) is 0 Å². The molecule has 4 rings (SSSR count). The number of nitriles is 1. The van der Waals surface area contributed by atoms with Crippen molar-refractivity contribution in [1.82, 2.24) is 10.3 Å². The maximum absolute atomic E-state index is 11.1. The molecule has 0 atom stereocenters. The van der Waals surface area contributed by atoms with E-state index in [2.05, 4.69) is 21.3 Å². The number of fused-ring (bicyclic) bond motifs is 1. The lowest BCUT2D eigenvalue weighted by Crippen LogP contribution is -2.42. The summed E-state index contributed by atoms with van der Waals surface area (Å²) in [6, 6.07) is 15.4. The number of anilines is 1. The van der Waals surface area contributed by atoms with Gasteiger partial charge in [0.25, 0.3) is 0 Å². The first-order valence-corrected chi connectivity index (χ1v) is 8.26. The molecule has 1 saturated heterocycles. The lowest BCUT2D eigenvalue weighted by molar-refractivity contribution is -0.383. The Morgan fingerprint density at radius 3 is 2.46 bits per heavy atom. The highest BCUT2D eigenvalue weighted by molar-refractivity contribution is 5.93. The Morgan fingerprint density at radius 2 is 1.81 bits per heavy atom. The van der Waals surface area contributed by atoms with Crippen molar-refractivity contribution < 1.29 is 9.55 Å². The second-order valence-corrected chi connectivity index (χ2v) is 6.37. The van der Waals surface area contributed by atoms with E-state index in [0.29, 0.717) is 31.4 Å². The van der Waals surface area contributed by atoms with E-state index in [1.165, 1.54) is 6.07 Å². The molecule has 1 aromatic heterocycles. The van der Waals surface area contributed by atoms with Crippen LogP contribution in [0.4, 0.5) is 11.4 Å². The second-order valence-electron chi connectivity index (χ2n) is 6.37. The van der Waals surface area contributed by atoms with Gasteiger partial charge in [-0.2, -0.15) is 5.26 Å².